The molecular formula is C43H46N2O5. The van der Waals surface area contributed by atoms with Crippen molar-refractivity contribution in [1.29, 1.82) is 0 Å². The predicted octanol–water partition coefficient (Wildman–Crippen LogP) is 8.15. The summed E-state index contributed by atoms with van der Waals surface area (Å²) >= 11 is 0. The maximum Gasteiger partial charge on any atom is 0.329 e. The van der Waals surface area contributed by atoms with Crippen molar-refractivity contribution in [3.05, 3.63) is 156 Å². The third-order valence-corrected chi connectivity index (χ3v) is 8.61. The molecule has 0 aliphatic carbocycles. The number of hydrogen-bond donors (Lipinski definition) is 1. The van der Waals surface area contributed by atoms with Gasteiger partial charge in [0.25, 0.3) is 0 Å². The van der Waals surface area contributed by atoms with Crippen molar-refractivity contribution in [2.45, 2.75) is 52.4 Å². The zero-order valence-electron chi connectivity index (χ0n) is 28.9. The Morgan fingerprint density at radius 2 is 1.16 bits per heavy atom. The SMILES string of the molecule is CC(C)CN(CC(CCc1ccccc1)C(=O)OCc1ccccc1)C(=O)N[C@@H](Cc1cccc2ccccc12)C(=O)OCc1ccccc1. The summed E-state index contributed by atoms with van der Waals surface area (Å²) in [6.07, 6.45) is 1.39. The van der Waals surface area contributed by atoms with E-state index in [2.05, 4.69) is 5.32 Å². The Balaban J connectivity index is 1.36. The van der Waals surface area contributed by atoms with Gasteiger partial charge in [0, 0.05) is 19.5 Å². The number of benzene rings is 5. The van der Waals surface area contributed by atoms with Gasteiger partial charge in [-0.3, -0.25) is 4.79 Å². The van der Waals surface area contributed by atoms with E-state index in [4.69, 9.17) is 9.47 Å². The van der Waals surface area contributed by atoms with Crippen LogP contribution in [0.5, 0.6) is 0 Å². The van der Waals surface area contributed by atoms with Gasteiger partial charge in [0.15, 0.2) is 0 Å². The van der Waals surface area contributed by atoms with E-state index in [1.165, 1.54) is 0 Å². The molecule has 2 atom stereocenters. The topological polar surface area (TPSA) is 84.9 Å². The number of aryl methyl sites for hydroxylation is 1. The van der Waals surface area contributed by atoms with Gasteiger partial charge in [-0.1, -0.05) is 147 Å². The number of hydrogen-bond acceptors (Lipinski definition) is 5. The van der Waals surface area contributed by atoms with Crippen molar-refractivity contribution in [2.24, 2.45) is 11.8 Å². The molecule has 2 amide bonds. The number of carbonyl (C=O) groups excluding carboxylic acids is 3. The van der Waals surface area contributed by atoms with Crippen LogP contribution in [0.15, 0.2) is 133 Å². The first-order valence-electron chi connectivity index (χ1n) is 17.3. The highest BCUT2D eigenvalue weighted by Gasteiger charge is 2.30. The summed E-state index contributed by atoms with van der Waals surface area (Å²) < 4.78 is 11.6. The van der Waals surface area contributed by atoms with Crippen LogP contribution in [0, 0.1) is 11.8 Å². The quantitative estimate of drug-likeness (QED) is 0.107. The van der Waals surface area contributed by atoms with Gasteiger partial charge in [0.2, 0.25) is 0 Å². The van der Waals surface area contributed by atoms with Crippen LogP contribution in [-0.2, 0) is 45.1 Å². The fourth-order valence-electron chi connectivity index (χ4n) is 6.02. The molecule has 0 aromatic heterocycles. The molecule has 0 fully saturated rings. The van der Waals surface area contributed by atoms with Crippen molar-refractivity contribution >= 4 is 28.7 Å². The molecular weight excluding hydrogens is 624 g/mol. The summed E-state index contributed by atoms with van der Waals surface area (Å²) in [5, 5.41) is 5.06. The van der Waals surface area contributed by atoms with Crippen LogP contribution in [0.2, 0.25) is 0 Å². The Morgan fingerprint density at radius 3 is 1.78 bits per heavy atom. The standard InChI is InChI=1S/C43H46N2O5/c1-32(2)28-45(29-38(26-25-33-15-6-3-7-16-33)41(46)49-30-34-17-8-4-9-18-34)43(48)44-40(42(47)50-31-35-19-10-5-11-20-35)27-37-23-14-22-36-21-12-13-24-39(36)37/h3-24,32,38,40H,25-31H2,1-2H3,(H,44,48)/t38?,40-/m0/s1. The first kappa shape index (κ1) is 35.9. The summed E-state index contributed by atoms with van der Waals surface area (Å²) in [5.41, 5.74) is 3.77. The van der Waals surface area contributed by atoms with Crippen LogP contribution >= 0.6 is 0 Å². The van der Waals surface area contributed by atoms with Crippen LogP contribution in [0.3, 0.4) is 0 Å². The second-order valence-electron chi connectivity index (χ2n) is 13.1. The van der Waals surface area contributed by atoms with E-state index < -0.39 is 24.0 Å². The Morgan fingerprint density at radius 1 is 0.620 bits per heavy atom. The molecule has 1 N–H and O–H groups in total. The number of esters is 2. The molecule has 5 aromatic rings. The van der Waals surface area contributed by atoms with E-state index in [9.17, 15) is 14.4 Å². The predicted molar refractivity (Wildman–Crippen MR) is 197 cm³/mol. The molecule has 0 saturated carbocycles. The first-order valence-corrected chi connectivity index (χ1v) is 17.3. The van der Waals surface area contributed by atoms with E-state index in [1.807, 2.05) is 147 Å². The van der Waals surface area contributed by atoms with Gasteiger partial charge in [0.1, 0.15) is 19.3 Å². The second-order valence-corrected chi connectivity index (χ2v) is 13.1. The maximum atomic E-state index is 14.2. The third-order valence-electron chi connectivity index (χ3n) is 8.61. The van der Waals surface area contributed by atoms with Crippen molar-refractivity contribution in [3.8, 4) is 0 Å². The minimum Gasteiger partial charge on any atom is -0.461 e. The molecule has 258 valence electrons. The second kappa shape index (κ2) is 18.4. The number of ether oxygens (including phenoxy) is 2. The van der Waals surface area contributed by atoms with Crippen molar-refractivity contribution in [3.63, 3.8) is 0 Å². The number of urea groups is 1. The maximum absolute atomic E-state index is 14.2. The van der Waals surface area contributed by atoms with Crippen LogP contribution in [-0.4, -0.2) is 42.0 Å². The zero-order valence-corrected chi connectivity index (χ0v) is 28.9. The number of nitrogens with zero attached hydrogens (tertiary/aromatic N) is 1. The highest BCUT2D eigenvalue weighted by molar-refractivity contribution is 5.88. The summed E-state index contributed by atoms with van der Waals surface area (Å²) in [7, 11) is 0. The lowest BCUT2D eigenvalue weighted by atomic mass is 9.98. The lowest BCUT2D eigenvalue weighted by molar-refractivity contribution is -0.151. The molecule has 0 spiro atoms. The van der Waals surface area contributed by atoms with Crippen LogP contribution in [0.25, 0.3) is 10.8 Å². The molecule has 7 nitrogen and oxygen atoms in total. The van der Waals surface area contributed by atoms with Gasteiger partial charge in [-0.2, -0.15) is 0 Å². The fourth-order valence-corrected chi connectivity index (χ4v) is 6.02. The molecule has 50 heavy (non-hydrogen) atoms. The number of carbonyl (C=O) groups is 3. The van der Waals surface area contributed by atoms with Gasteiger partial charge < -0.3 is 19.7 Å². The van der Waals surface area contributed by atoms with E-state index in [0.717, 1.165) is 33.0 Å². The average molecular weight is 671 g/mol. The van der Waals surface area contributed by atoms with E-state index in [-0.39, 0.29) is 38.1 Å². The summed E-state index contributed by atoms with van der Waals surface area (Å²) in [5.74, 6) is -1.36. The van der Waals surface area contributed by atoms with Crippen LogP contribution in [0.4, 0.5) is 4.79 Å². The molecule has 0 aliphatic rings. The molecule has 1 unspecified atom stereocenters. The van der Waals surface area contributed by atoms with Crippen molar-refractivity contribution in [1.82, 2.24) is 10.2 Å². The molecule has 7 heteroatoms. The number of fused-ring (bicyclic) bond motifs is 1. The third kappa shape index (κ3) is 10.8. The molecule has 0 aliphatic heterocycles. The van der Waals surface area contributed by atoms with E-state index in [1.54, 1.807) is 4.90 Å². The minimum absolute atomic E-state index is 0.0894. The normalized spacial score (nSPS) is 12.2. The van der Waals surface area contributed by atoms with Crippen molar-refractivity contribution < 1.29 is 23.9 Å². The largest absolute Gasteiger partial charge is 0.461 e. The van der Waals surface area contributed by atoms with Crippen molar-refractivity contribution in [2.75, 3.05) is 13.1 Å². The van der Waals surface area contributed by atoms with Gasteiger partial charge in [0.05, 0.1) is 5.92 Å². The molecule has 5 rings (SSSR count). The van der Waals surface area contributed by atoms with E-state index >= 15 is 0 Å². The number of amides is 2. The Bertz CT molecular complexity index is 1810. The van der Waals surface area contributed by atoms with Crippen LogP contribution < -0.4 is 5.32 Å². The monoisotopic (exact) mass is 670 g/mol. The summed E-state index contributed by atoms with van der Waals surface area (Å²) in [6.45, 7) is 4.82. The van der Waals surface area contributed by atoms with Gasteiger partial charge in [-0.15, -0.1) is 0 Å². The molecule has 0 radical (unpaired) electrons. The lowest BCUT2D eigenvalue weighted by Crippen LogP contribution is -2.52. The first-order chi connectivity index (χ1) is 24.4. The summed E-state index contributed by atoms with van der Waals surface area (Å²) in [6, 6.07) is 41.5. The lowest BCUT2D eigenvalue weighted by Gasteiger charge is -2.30. The molecule has 5 aromatic carbocycles. The van der Waals surface area contributed by atoms with Gasteiger partial charge in [-0.05, 0) is 51.8 Å². The molecule has 0 bridgehead atoms. The highest BCUT2D eigenvalue weighted by atomic mass is 16.5. The minimum atomic E-state index is -0.959. The highest BCUT2D eigenvalue weighted by Crippen LogP contribution is 2.21. The molecule has 0 saturated heterocycles. The van der Waals surface area contributed by atoms with Gasteiger partial charge in [-0.25, -0.2) is 9.59 Å². The smallest absolute Gasteiger partial charge is 0.329 e. The van der Waals surface area contributed by atoms with Gasteiger partial charge >= 0.3 is 18.0 Å². The Hall–Kier alpha value is -5.43. The molecule has 0 heterocycles. The Kier molecular flexibility index (Phi) is 13.2. The summed E-state index contributed by atoms with van der Waals surface area (Å²) in [4.78, 5) is 43.2. The Labute approximate surface area is 295 Å². The number of rotatable bonds is 16. The van der Waals surface area contributed by atoms with Crippen LogP contribution in [0.1, 0.15) is 42.5 Å². The van der Waals surface area contributed by atoms with E-state index in [0.29, 0.717) is 19.4 Å². The zero-order chi connectivity index (χ0) is 35.1. The number of nitrogens with one attached hydrogen (secondary N) is 1. The fraction of sp³-hybridized carbons (Fsp3) is 0.279. The average Bonchev–Trinajstić information content (AvgIpc) is 3.15.